The average Bonchev–Trinajstić information content (AvgIpc) is 2.80. The van der Waals surface area contributed by atoms with Crippen molar-refractivity contribution in [3.05, 3.63) is 35.1 Å². The molecule has 0 amide bonds. The average molecular weight is 260 g/mol. The molecule has 1 aliphatic rings. The minimum absolute atomic E-state index is 0.181. The second-order valence-electron chi connectivity index (χ2n) is 4.23. The summed E-state index contributed by atoms with van der Waals surface area (Å²) in [6.45, 7) is 1.15. The van der Waals surface area contributed by atoms with Crippen LogP contribution >= 0.6 is 0 Å². The first-order valence-electron chi connectivity index (χ1n) is 5.60. The van der Waals surface area contributed by atoms with E-state index < -0.39 is 17.6 Å². The van der Waals surface area contributed by atoms with E-state index in [0.29, 0.717) is 19.2 Å². The molecule has 1 aromatic rings. The second-order valence-corrected chi connectivity index (χ2v) is 4.23. The lowest BCUT2D eigenvalue weighted by Gasteiger charge is -2.21. The van der Waals surface area contributed by atoms with Gasteiger partial charge in [0.05, 0.1) is 5.56 Å². The summed E-state index contributed by atoms with van der Waals surface area (Å²) in [7, 11) is 0. The molecular weight excluding hydrogens is 248 g/mol. The van der Waals surface area contributed by atoms with Crippen LogP contribution in [-0.2, 0) is 6.18 Å². The molecule has 0 aliphatic carbocycles. The zero-order valence-electron chi connectivity index (χ0n) is 9.52. The molecule has 1 saturated heterocycles. The smallest absolute Gasteiger partial charge is 0.357 e. The Kier molecular flexibility index (Phi) is 3.28. The van der Waals surface area contributed by atoms with Gasteiger partial charge in [-0.1, -0.05) is 0 Å². The molecule has 1 N–H and O–H groups in total. The summed E-state index contributed by atoms with van der Waals surface area (Å²) in [6, 6.07) is 2.42. The molecule has 1 aromatic carbocycles. The number of halogens is 4. The van der Waals surface area contributed by atoms with Crippen LogP contribution in [0.3, 0.4) is 0 Å². The minimum Gasteiger partial charge on any atom is -0.357 e. The summed E-state index contributed by atoms with van der Waals surface area (Å²) in [5, 5.41) is 7.82. The van der Waals surface area contributed by atoms with E-state index in [-0.39, 0.29) is 11.4 Å². The molecule has 0 radical (unpaired) electrons. The fraction of sp³-hybridized carbons (Fsp3) is 0.417. The summed E-state index contributed by atoms with van der Waals surface area (Å²) in [5.74, 6) is -1.12. The molecule has 1 fully saturated rings. The SMILES string of the molecule is N=C(c1ccc(F)cc1C(F)(F)F)N1CCCC1. The summed E-state index contributed by atoms with van der Waals surface area (Å²) < 4.78 is 51.3. The summed E-state index contributed by atoms with van der Waals surface area (Å²) >= 11 is 0. The zero-order chi connectivity index (χ0) is 13.3. The van der Waals surface area contributed by atoms with Crippen molar-refractivity contribution < 1.29 is 17.6 Å². The summed E-state index contributed by atoms with van der Waals surface area (Å²) in [6.07, 6.45) is -2.92. The van der Waals surface area contributed by atoms with Gasteiger partial charge in [-0.2, -0.15) is 13.2 Å². The Morgan fingerprint density at radius 3 is 2.33 bits per heavy atom. The highest BCUT2D eigenvalue weighted by Gasteiger charge is 2.35. The first-order valence-corrected chi connectivity index (χ1v) is 5.60. The van der Waals surface area contributed by atoms with Crippen molar-refractivity contribution in [1.29, 1.82) is 5.41 Å². The molecule has 1 heterocycles. The van der Waals surface area contributed by atoms with E-state index >= 15 is 0 Å². The quantitative estimate of drug-likeness (QED) is 0.468. The highest BCUT2D eigenvalue weighted by Crippen LogP contribution is 2.33. The van der Waals surface area contributed by atoms with Crippen molar-refractivity contribution in [1.82, 2.24) is 4.90 Å². The highest BCUT2D eigenvalue weighted by molar-refractivity contribution is 5.98. The molecule has 18 heavy (non-hydrogen) atoms. The lowest BCUT2D eigenvalue weighted by Crippen LogP contribution is -2.29. The van der Waals surface area contributed by atoms with Crippen LogP contribution in [0, 0.1) is 11.2 Å². The molecule has 2 nitrogen and oxygen atoms in total. The van der Waals surface area contributed by atoms with E-state index in [9.17, 15) is 17.6 Å². The standard InChI is InChI=1S/C12H12F4N2/c13-8-3-4-9(10(7-8)12(14,15)16)11(17)18-5-1-2-6-18/h3-4,7,17H,1-2,5-6H2. The molecule has 0 aromatic heterocycles. The van der Waals surface area contributed by atoms with Gasteiger partial charge in [-0.3, -0.25) is 5.41 Å². The van der Waals surface area contributed by atoms with Gasteiger partial charge in [-0.05, 0) is 31.0 Å². The Balaban J connectivity index is 2.40. The maximum Gasteiger partial charge on any atom is 0.417 e. The third-order valence-electron chi connectivity index (χ3n) is 2.96. The van der Waals surface area contributed by atoms with Crippen molar-refractivity contribution in [3.63, 3.8) is 0 Å². The summed E-state index contributed by atoms with van der Waals surface area (Å²) in [4.78, 5) is 1.59. The Bertz CT molecular complexity index is 462. The van der Waals surface area contributed by atoms with Gasteiger partial charge in [-0.15, -0.1) is 0 Å². The molecule has 0 saturated carbocycles. The van der Waals surface area contributed by atoms with Crippen LogP contribution in [0.4, 0.5) is 17.6 Å². The normalized spacial score (nSPS) is 16.1. The molecular formula is C12H12F4N2. The molecule has 0 bridgehead atoms. The van der Waals surface area contributed by atoms with Crippen molar-refractivity contribution in [3.8, 4) is 0 Å². The van der Waals surface area contributed by atoms with Gasteiger partial charge in [0.15, 0.2) is 0 Å². The first-order chi connectivity index (χ1) is 8.39. The van der Waals surface area contributed by atoms with Crippen molar-refractivity contribution in [2.45, 2.75) is 19.0 Å². The van der Waals surface area contributed by atoms with Crippen LogP contribution in [0.25, 0.3) is 0 Å². The maximum atomic E-state index is 12.9. The lowest BCUT2D eigenvalue weighted by atomic mass is 10.1. The van der Waals surface area contributed by atoms with E-state index in [4.69, 9.17) is 5.41 Å². The predicted molar refractivity (Wildman–Crippen MR) is 59.0 cm³/mol. The van der Waals surface area contributed by atoms with E-state index in [0.717, 1.165) is 25.0 Å². The van der Waals surface area contributed by atoms with Crippen LogP contribution in [-0.4, -0.2) is 23.8 Å². The minimum atomic E-state index is -4.65. The number of benzene rings is 1. The maximum absolute atomic E-state index is 12.9. The number of nitrogens with zero attached hydrogens (tertiary/aromatic N) is 1. The van der Waals surface area contributed by atoms with Crippen LogP contribution in [0.15, 0.2) is 18.2 Å². The van der Waals surface area contributed by atoms with Crippen molar-refractivity contribution in [2.24, 2.45) is 0 Å². The number of amidine groups is 1. The van der Waals surface area contributed by atoms with Gasteiger partial charge in [0, 0.05) is 18.7 Å². The van der Waals surface area contributed by atoms with Gasteiger partial charge in [0.2, 0.25) is 0 Å². The van der Waals surface area contributed by atoms with E-state index in [1.165, 1.54) is 0 Å². The van der Waals surface area contributed by atoms with E-state index in [1.807, 2.05) is 0 Å². The van der Waals surface area contributed by atoms with E-state index in [2.05, 4.69) is 0 Å². The molecule has 0 spiro atoms. The van der Waals surface area contributed by atoms with Crippen LogP contribution < -0.4 is 0 Å². The van der Waals surface area contributed by atoms with Crippen LogP contribution in [0.1, 0.15) is 24.0 Å². The monoisotopic (exact) mass is 260 g/mol. The van der Waals surface area contributed by atoms with Crippen molar-refractivity contribution in [2.75, 3.05) is 13.1 Å². The summed E-state index contributed by atoms with van der Waals surface area (Å²) in [5.41, 5.74) is -1.34. The number of rotatable bonds is 1. The topological polar surface area (TPSA) is 27.1 Å². The van der Waals surface area contributed by atoms with Gasteiger partial charge in [0.1, 0.15) is 11.7 Å². The van der Waals surface area contributed by atoms with Gasteiger partial charge < -0.3 is 4.90 Å². The number of alkyl halides is 3. The fourth-order valence-electron chi connectivity index (χ4n) is 2.07. The number of hydrogen-bond donors (Lipinski definition) is 1. The third kappa shape index (κ3) is 2.47. The highest BCUT2D eigenvalue weighted by atomic mass is 19.4. The fourth-order valence-corrected chi connectivity index (χ4v) is 2.07. The molecule has 98 valence electrons. The van der Waals surface area contributed by atoms with Crippen LogP contribution in [0.2, 0.25) is 0 Å². The van der Waals surface area contributed by atoms with Gasteiger partial charge in [-0.25, -0.2) is 4.39 Å². The van der Waals surface area contributed by atoms with Gasteiger partial charge in [0.25, 0.3) is 0 Å². The Labute approximate surface area is 102 Å². The molecule has 2 rings (SSSR count). The first kappa shape index (κ1) is 12.9. The lowest BCUT2D eigenvalue weighted by molar-refractivity contribution is -0.137. The number of hydrogen-bond acceptors (Lipinski definition) is 1. The Morgan fingerprint density at radius 1 is 1.17 bits per heavy atom. The van der Waals surface area contributed by atoms with E-state index in [1.54, 1.807) is 4.90 Å². The number of nitrogens with one attached hydrogen (secondary N) is 1. The largest absolute Gasteiger partial charge is 0.417 e. The predicted octanol–water partition coefficient (Wildman–Crippen LogP) is 3.27. The number of likely N-dealkylation sites (tertiary alicyclic amines) is 1. The molecule has 1 aliphatic heterocycles. The van der Waals surface area contributed by atoms with Gasteiger partial charge >= 0.3 is 6.18 Å². The molecule has 0 unspecified atom stereocenters. The zero-order valence-corrected chi connectivity index (χ0v) is 9.52. The third-order valence-corrected chi connectivity index (χ3v) is 2.96. The Morgan fingerprint density at radius 2 is 1.78 bits per heavy atom. The molecule has 6 heteroatoms. The van der Waals surface area contributed by atoms with Crippen LogP contribution in [0.5, 0.6) is 0 Å². The Hall–Kier alpha value is -1.59. The van der Waals surface area contributed by atoms with Crippen molar-refractivity contribution >= 4 is 5.84 Å². The molecule has 0 atom stereocenters. The second kappa shape index (κ2) is 4.59.